The van der Waals surface area contributed by atoms with Crippen LogP contribution in [0.4, 0.5) is 0 Å². The van der Waals surface area contributed by atoms with Crippen molar-refractivity contribution < 1.29 is 4.79 Å². The molecule has 3 rings (SSSR count). The molecule has 3 aromatic rings. The topological polar surface area (TPSA) is 49.6 Å². The van der Waals surface area contributed by atoms with Crippen molar-refractivity contribution in [3.05, 3.63) is 60.4 Å². The molecular formula is C18H20N4O. The molecule has 1 amide bonds. The summed E-state index contributed by atoms with van der Waals surface area (Å²) in [4.78, 5) is 18.8. The molecule has 5 nitrogen and oxygen atoms in total. The van der Waals surface area contributed by atoms with Crippen LogP contribution in [0.1, 0.15) is 10.4 Å². The molecule has 0 saturated heterocycles. The smallest absolute Gasteiger partial charge is 0.251 e. The molecule has 0 saturated carbocycles. The normalized spacial score (nSPS) is 11.1. The van der Waals surface area contributed by atoms with Gasteiger partial charge in [-0.15, -0.1) is 0 Å². The summed E-state index contributed by atoms with van der Waals surface area (Å²) in [5.41, 5.74) is 3.36. The number of carbonyl (C=O) groups excluding carboxylic acids is 1. The van der Waals surface area contributed by atoms with Crippen LogP contribution in [-0.4, -0.2) is 47.4 Å². The van der Waals surface area contributed by atoms with E-state index in [0.29, 0.717) is 12.1 Å². The van der Waals surface area contributed by atoms with Crippen molar-refractivity contribution in [2.45, 2.75) is 0 Å². The van der Waals surface area contributed by atoms with Crippen molar-refractivity contribution >= 4 is 11.6 Å². The van der Waals surface area contributed by atoms with Gasteiger partial charge in [-0.3, -0.25) is 4.79 Å². The van der Waals surface area contributed by atoms with Crippen LogP contribution in [0.2, 0.25) is 0 Å². The molecule has 2 heterocycles. The Bertz CT molecular complexity index is 808. The summed E-state index contributed by atoms with van der Waals surface area (Å²) in [6.45, 7) is 1.44. The van der Waals surface area contributed by atoms with Gasteiger partial charge >= 0.3 is 0 Å². The van der Waals surface area contributed by atoms with Gasteiger partial charge in [0.2, 0.25) is 0 Å². The molecule has 5 heteroatoms. The van der Waals surface area contributed by atoms with Gasteiger partial charge in [0.25, 0.3) is 5.91 Å². The lowest BCUT2D eigenvalue weighted by molar-refractivity contribution is 0.0951. The number of hydrogen-bond acceptors (Lipinski definition) is 3. The molecule has 0 spiro atoms. The molecule has 1 N–H and O–H groups in total. The number of fused-ring (bicyclic) bond motifs is 1. The number of likely N-dealkylation sites (N-methyl/N-ethyl adjacent to an activating group) is 1. The van der Waals surface area contributed by atoms with Crippen LogP contribution in [0.25, 0.3) is 16.9 Å². The number of amides is 1. The zero-order valence-corrected chi connectivity index (χ0v) is 13.4. The molecular weight excluding hydrogens is 288 g/mol. The first-order valence-corrected chi connectivity index (χ1v) is 7.60. The van der Waals surface area contributed by atoms with Crippen LogP contribution in [-0.2, 0) is 0 Å². The summed E-state index contributed by atoms with van der Waals surface area (Å²) in [7, 11) is 3.96. The molecule has 2 aromatic heterocycles. The van der Waals surface area contributed by atoms with Crippen molar-refractivity contribution in [3.63, 3.8) is 0 Å². The van der Waals surface area contributed by atoms with Gasteiger partial charge in [0.1, 0.15) is 5.65 Å². The Kier molecular flexibility index (Phi) is 4.39. The third-order valence-corrected chi connectivity index (χ3v) is 3.64. The maximum atomic E-state index is 12.2. The van der Waals surface area contributed by atoms with Gasteiger partial charge in [0, 0.05) is 36.6 Å². The third kappa shape index (κ3) is 3.57. The first kappa shape index (κ1) is 15.2. The highest BCUT2D eigenvalue weighted by Gasteiger charge is 2.09. The first-order valence-electron chi connectivity index (χ1n) is 7.60. The molecule has 0 aliphatic rings. The number of aromatic nitrogens is 2. The van der Waals surface area contributed by atoms with Gasteiger partial charge in [-0.25, -0.2) is 4.98 Å². The van der Waals surface area contributed by atoms with Gasteiger partial charge in [-0.2, -0.15) is 0 Å². The Morgan fingerprint density at radius 1 is 1.22 bits per heavy atom. The number of carbonyl (C=O) groups is 1. The minimum Gasteiger partial charge on any atom is -0.351 e. The fourth-order valence-corrected chi connectivity index (χ4v) is 2.37. The van der Waals surface area contributed by atoms with Gasteiger partial charge in [-0.1, -0.05) is 30.3 Å². The minimum atomic E-state index is -0.0707. The summed E-state index contributed by atoms with van der Waals surface area (Å²) in [5.74, 6) is -0.0707. The van der Waals surface area contributed by atoms with Crippen LogP contribution >= 0.6 is 0 Å². The lowest BCUT2D eigenvalue weighted by atomic mass is 10.2. The van der Waals surface area contributed by atoms with E-state index in [0.717, 1.165) is 23.4 Å². The second-order valence-corrected chi connectivity index (χ2v) is 5.73. The standard InChI is InChI=1S/C18H20N4O/c1-21(2)11-9-19-18(23)15-8-10-22-13-16(20-17(22)12-15)14-6-4-3-5-7-14/h3-8,10,12-13H,9,11H2,1-2H3,(H,19,23). The molecule has 118 valence electrons. The molecule has 1 aromatic carbocycles. The largest absolute Gasteiger partial charge is 0.351 e. The Labute approximate surface area is 135 Å². The number of nitrogens with zero attached hydrogens (tertiary/aromatic N) is 3. The maximum Gasteiger partial charge on any atom is 0.251 e. The van der Waals surface area contributed by atoms with E-state index in [-0.39, 0.29) is 5.91 Å². The Morgan fingerprint density at radius 3 is 2.74 bits per heavy atom. The van der Waals surface area contributed by atoms with Crippen molar-refractivity contribution in [1.29, 1.82) is 0 Å². The average Bonchev–Trinajstić information content (AvgIpc) is 2.98. The molecule has 23 heavy (non-hydrogen) atoms. The molecule has 0 radical (unpaired) electrons. The van der Waals surface area contributed by atoms with E-state index in [1.807, 2.05) is 78.3 Å². The number of benzene rings is 1. The SMILES string of the molecule is CN(C)CCNC(=O)c1ccn2cc(-c3ccccc3)nc2c1. The van der Waals surface area contributed by atoms with Gasteiger partial charge in [0.05, 0.1) is 5.69 Å². The van der Waals surface area contributed by atoms with Crippen LogP contribution < -0.4 is 5.32 Å². The zero-order chi connectivity index (χ0) is 16.2. The number of imidazole rings is 1. The fourth-order valence-electron chi connectivity index (χ4n) is 2.37. The Morgan fingerprint density at radius 2 is 2.00 bits per heavy atom. The van der Waals surface area contributed by atoms with E-state index in [2.05, 4.69) is 10.3 Å². The highest BCUT2D eigenvalue weighted by molar-refractivity contribution is 5.95. The average molecular weight is 308 g/mol. The highest BCUT2D eigenvalue weighted by Crippen LogP contribution is 2.19. The number of rotatable bonds is 5. The number of nitrogens with one attached hydrogen (secondary N) is 1. The zero-order valence-electron chi connectivity index (χ0n) is 13.4. The van der Waals surface area contributed by atoms with Crippen LogP contribution in [0.5, 0.6) is 0 Å². The van der Waals surface area contributed by atoms with E-state index < -0.39 is 0 Å². The van der Waals surface area contributed by atoms with Crippen molar-refractivity contribution in [1.82, 2.24) is 19.6 Å². The quantitative estimate of drug-likeness (QED) is 0.787. The van der Waals surface area contributed by atoms with Crippen LogP contribution in [0.3, 0.4) is 0 Å². The molecule has 0 aliphatic carbocycles. The predicted molar refractivity (Wildman–Crippen MR) is 91.5 cm³/mol. The van der Waals surface area contributed by atoms with E-state index in [1.54, 1.807) is 0 Å². The number of pyridine rings is 1. The van der Waals surface area contributed by atoms with Crippen molar-refractivity contribution in [2.75, 3.05) is 27.2 Å². The molecule has 0 bridgehead atoms. The summed E-state index contributed by atoms with van der Waals surface area (Å²) in [5, 5.41) is 2.92. The molecule has 0 fully saturated rings. The van der Waals surface area contributed by atoms with Gasteiger partial charge in [0.15, 0.2) is 0 Å². The summed E-state index contributed by atoms with van der Waals surface area (Å²) in [6, 6.07) is 13.6. The summed E-state index contributed by atoms with van der Waals surface area (Å²) in [6.07, 6.45) is 3.84. The second kappa shape index (κ2) is 6.62. The first-order chi connectivity index (χ1) is 11.1. The Balaban J connectivity index is 1.80. The lowest BCUT2D eigenvalue weighted by Gasteiger charge is -2.10. The molecule has 0 atom stereocenters. The van der Waals surface area contributed by atoms with Crippen molar-refractivity contribution in [2.24, 2.45) is 0 Å². The van der Waals surface area contributed by atoms with Crippen LogP contribution in [0.15, 0.2) is 54.9 Å². The molecule has 0 aliphatic heterocycles. The second-order valence-electron chi connectivity index (χ2n) is 5.73. The summed E-state index contributed by atoms with van der Waals surface area (Å²) >= 11 is 0. The van der Waals surface area contributed by atoms with Gasteiger partial charge < -0.3 is 14.6 Å². The van der Waals surface area contributed by atoms with Gasteiger partial charge in [-0.05, 0) is 26.2 Å². The number of hydrogen-bond donors (Lipinski definition) is 1. The highest BCUT2D eigenvalue weighted by atomic mass is 16.1. The summed E-state index contributed by atoms with van der Waals surface area (Å²) < 4.78 is 1.93. The van der Waals surface area contributed by atoms with Crippen LogP contribution in [0, 0.1) is 0 Å². The maximum absolute atomic E-state index is 12.2. The predicted octanol–water partition coefficient (Wildman–Crippen LogP) is 2.29. The van der Waals surface area contributed by atoms with E-state index in [9.17, 15) is 4.79 Å². The van der Waals surface area contributed by atoms with Crippen molar-refractivity contribution in [3.8, 4) is 11.3 Å². The minimum absolute atomic E-state index is 0.0707. The molecule has 0 unspecified atom stereocenters. The monoisotopic (exact) mass is 308 g/mol. The Hall–Kier alpha value is -2.66. The fraction of sp³-hybridized carbons (Fsp3) is 0.222. The van der Waals surface area contributed by atoms with E-state index >= 15 is 0 Å². The van der Waals surface area contributed by atoms with E-state index in [1.165, 1.54) is 0 Å². The third-order valence-electron chi connectivity index (χ3n) is 3.64. The van der Waals surface area contributed by atoms with E-state index in [4.69, 9.17) is 0 Å². The lowest BCUT2D eigenvalue weighted by Crippen LogP contribution is -2.31.